The van der Waals surface area contributed by atoms with Crippen molar-refractivity contribution in [1.82, 2.24) is 9.88 Å². The minimum absolute atomic E-state index is 0.318. The predicted molar refractivity (Wildman–Crippen MR) is 65.9 cm³/mol. The van der Waals surface area contributed by atoms with Crippen LogP contribution in [0.5, 0.6) is 0 Å². The van der Waals surface area contributed by atoms with Gasteiger partial charge >= 0.3 is 0 Å². The minimum Gasteiger partial charge on any atom is -0.349 e. The van der Waals surface area contributed by atoms with Crippen molar-refractivity contribution >= 4 is 11.3 Å². The monoisotopic (exact) mass is 254 g/mol. The van der Waals surface area contributed by atoms with Crippen LogP contribution in [0.3, 0.4) is 0 Å². The van der Waals surface area contributed by atoms with Crippen LogP contribution in [-0.2, 0) is 16.0 Å². The van der Waals surface area contributed by atoms with Crippen molar-refractivity contribution in [3.8, 4) is 0 Å². The standard InChI is InChI=1S/C12H18N2O2S/c1-2-5-15-12(3-1)9-14(4-6-16-12)8-11-7-13-10-17-11/h7,10H,1-6,8-9H2. The third-order valence-electron chi connectivity index (χ3n) is 3.42. The smallest absolute Gasteiger partial charge is 0.181 e. The highest BCUT2D eigenvalue weighted by molar-refractivity contribution is 7.09. The predicted octanol–water partition coefficient (Wildman–Crippen LogP) is 1.87. The van der Waals surface area contributed by atoms with Crippen LogP contribution >= 0.6 is 11.3 Å². The Morgan fingerprint density at radius 2 is 2.29 bits per heavy atom. The van der Waals surface area contributed by atoms with Crippen LogP contribution in [0, 0.1) is 0 Å². The lowest BCUT2D eigenvalue weighted by atomic mass is 10.0. The van der Waals surface area contributed by atoms with Gasteiger partial charge in [0.15, 0.2) is 5.79 Å². The molecule has 1 aromatic rings. The molecule has 2 saturated heterocycles. The maximum atomic E-state index is 5.88. The molecule has 17 heavy (non-hydrogen) atoms. The molecule has 2 aliphatic rings. The van der Waals surface area contributed by atoms with Gasteiger partial charge in [-0.1, -0.05) is 0 Å². The molecule has 2 aliphatic heterocycles. The number of morpholine rings is 1. The first-order valence-corrected chi connectivity index (χ1v) is 7.12. The van der Waals surface area contributed by atoms with E-state index in [-0.39, 0.29) is 5.79 Å². The molecule has 2 fully saturated rings. The molecule has 4 nitrogen and oxygen atoms in total. The molecule has 1 atom stereocenters. The summed E-state index contributed by atoms with van der Waals surface area (Å²) in [5.41, 5.74) is 1.89. The van der Waals surface area contributed by atoms with E-state index in [4.69, 9.17) is 9.47 Å². The second kappa shape index (κ2) is 5.02. The average molecular weight is 254 g/mol. The van der Waals surface area contributed by atoms with Crippen molar-refractivity contribution in [3.05, 3.63) is 16.6 Å². The molecule has 3 rings (SSSR count). The Morgan fingerprint density at radius 1 is 1.35 bits per heavy atom. The van der Waals surface area contributed by atoms with Crippen LogP contribution in [0.1, 0.15) is 24.1 Å². The normalized spacial score (nSPS) is 30.8. The molecule has 3 heterocycles. The maximum absolute atomic E-state index is 5.88. The topological polar surface area (TPSA) is 34.6 Å². The first kappa shape index (κ1) is 11.6. The number of hydrogen-bond acceptors (Lipinski definition) is 5. The van der Waals surface area contributed by atoms with Crippen molar-refractivity contribution in [2.75, 3.05) is 26.3 Å². The molecule has 0 aliphatic carbocycles. The van der Waals surface area contributed by atoms with Crippen molar-refractivity contribution in [3.63, 3.8) is 0 Å². The molecule has 5 heteroatoms. The summed E-state index contributed by atoms with van der Waals surface area (Å²) < 4.78 is 11.8. The lowest BCUT2D eigenvalue weighted by Crippen LogP contribution is -2.54. The van der Waals surface area contributed by atoms with E-state index in [1.165, 1.54) is 17.7 Å². The van der Waals surface area contributed by atoms with E-state index in [1.807, 2.05) is 11.7 Å². The lowest BCUT2D eigenvalue weighted by molar-refractivity contribution is -0.283. The van der Waals surface area contributed by atoms with Crippen LogP contribution in [-0.4, -0.2) is 42.0 Å². The largest absolute Gasteiger partial charge is 0.349 e. The number of ether oxygens (including phenoxy) is 2. The van der Waals surface area contributed by atoms with Gasteiger partial charge in [-0.15, -0.1) is 11.3 Å². The van der Waals surface area contributed by atoms with E-state index in [2.05, 4.69) is 9.88 Å². The van der Waals surface area contributed by atoms with Crippen LogP contribution < -0.4 is 0 Å². The highest BCUT2D eigenvalue weighted by Crippen LogP contribution is 2.30. The van der Waals surface area contributed by atoms with Gasteiger partial charge in [0, 0.05) is 30.6 Å². The zero-order chi connectivity index (χ0) is 11.6. The fraction of sp³-hybridized carbons (Fsp3) is 0.750. The van der Waals surface area contributed by atoms with Gasteiger partial charge in [-0.05, 0) is 12.8 Å². The van der Waals surface area contributed by atoms with Gasteiger partial charge in [-0.3, -0.25) is 9.88 Å². The zero-order valence-corrected chi connectivity index (χ0v) is 10.7. The van der Waals surface area contributed by atoms with Gasteiger partial charge in [0.1, 0.15) is 0 Å². The van der Waals surface area contributed by atoms with E-state index >= 15 is 0 Å². The fourth-order valence-electron chi connectivity index (χ4n) is 2.57. The van der Waals surface area contributed by atoms with Crippen LogP contribution in [0.15, 0.2) is 11.7 Å². The maximum Gasteiger partial charge on any atom is 0.181 e. The molecule has 0 radical (unpaired) electrons. The second-order valence-electron chi connectivity index (χ2n) is 4.74. The van der Waals surface area contributed by atoms with Gasteiger partial charge in [-0.2, -0.15) is 0 Å². The molecule has 1 unspecified atom stereocenters. The van der Waals surface area contributed by atoms with E-state index < -0.39 is 0 Å². The van der Waals surface area contributed by atoms with Gasteiger partial charge in [-0.25, -0.2) is 0 Å². The van der Waals surface area contributed by atoms with Gasteiger partial charge in [0.2, 0.25) is 0 Å². The van der Waals surface area contributed by atoms with E-state index in [1.54, 1.807) is 11.3 Å². The van der Waals surface area contributed by atoms with Gasteiger partial charge in [0.25, 0.3) is 0 Å². The molecule has 0 aromatic carbocycles. The third kappa shape index (κ3) is 2.68. The van der Waals surface area contributed by atoms with Crippen LogP contribution in [0.2, 0.25) is 0 Å². The number of hydrogen-bond donors (Lipinski definition) is 0. The highest BCUT2D eigenvalue weighted by Gasteiger charge is 2.39. The SMILES string of the molecule is c1ncc(CN2CCOC3(CCCCO3)C2)s1. The Bertz CT molecular complexity index is 344. The molecule has 1 spiro atoms. The van der Waals surface area contributed by atoms with Crippen molar-refractivity contribution in [1.29, 1.82) is 0 Å². The lowest BCUT2D eigenvalue weighted by Gasteiger charge is -2.44. The Labute approximate surface area is 106 Å². The van der Waals surface area contributed by atoms with E-state index in [0.717, 1.165) is 39.3 Å². The highest BCUT2D eigenvalue weighted by atomic mass is 32.1. The number of rotatable bonds is 2. The number of thiazole rings is 1. The average Bonchev–Trinajstić information content (AvgIpc) is 2.83. The summed E-state index contributed by atoms with van der Waals surface area (Å²) >= 11 is 1.72. The van der Waals surface area contributed by atoms with Crippen molar-refractivity contribution < 1.29 is 9.47 Å². The Balaban J connectivity index is 1.62. The molecule has 0 saturated carbocycles. The summed E-state index contributed by atoms with van der Waals surface area (Å²) in [7, 11) is 0. The molecule has 0 amide bonds. The second-order valence-corrected chi connectivity index (χ2v) is 5.71. The number of nitrogens with zero attached hydrogens (tertiary/aromatic N) is 2. The summed E-state index contributed by atoms with van der Waals surface area (Å²) in [6, 6.07) is 0. The van der Waals surface area contributed by atoms with Crippen molar-refractivity contribution in [2.24, 2.45) is 0 Å². The summed E-state index contributed by atoms with van der Waals surface area (Å²) in [4.78, 5) is 7.86. The Kier molecular flexibility index (Phi) is 3.42. The molecular formula is C12H18N2O2S. The third-order valence-corrected chi connectivity index (χ3v) is 4.18. The van der Waals surface area contributed by atoms with Gasteiger partial charge in [0.05, 0.1) is 25.3 Å². The van der Waals surface area contributed by atoms with E-state index in [9.17, 15) is 0 Å². The Hall–Kier alpha value is -0.490. The molecule has 0 N–H and O–H groups in total. The minimum atomic E-state index is -0.318. The van der Waals surface area contributed by atoms with Crippen molar-refractivity contribution in [2.45, 2.75) is 31.6 Å². The first-order chi connectivity index (χ1) is 8.36. The zero-order valence-electron chi connectivity index (χ0n) is 9.93. The van der Waals surface area contributed by atoms with Crippen LogP contribution in [0.25, 0.3) is 0 Å². The number of aromatic nitrogens is 1. The molecule has 94 valence electrons. The van der Waals surface area contributed by atoms with E-state index in [0.29, 0.717) is 0 Å². The molecule has 1 aromatic heterocycles. The summed E-state index contributed by atoms with van der Waals surface area (Å²) in [6.07, 6.45) is 5.37. The molecule has 0 bridgehead atoms. The summed E-state index contributed by atoms with van der Waals surface area (Å²) in [6.45, 7) is 4.47. The summed E-state index contributed by atoms with van der Waals surface area (Å²) in [5.74, 6) is -0.318. The summed E-state index contributed by atoms with van der Waals surface area (Å²) in [5, 5.41) is 0. The first-order valence-electron chi connectivity index (χ1n) is 6.24. The Morgan fingerprint density at radius 3 is 3.06 bits per heavy atom. The molecular weight excluding hydrogens is 236 g/mol. The van der Waals surface area contributed by atoms with Gasteiger partial charge < -0.3 is 9.47 Å². The fourth-order valence-corrected chi connectivity index (χ4v) is 3.20. The quantitative estimate of drug-likeness (QED) is 0.807. The van der Waals surface area contributed by atoms with Crippen LogP contribution in [0.4, 0.5) is 0 Å².